The first-order valence-corrected chi connectivity index (χ1v) is 10.8. The monoisotopic (exact) mass is 313 g/mol. The van der Waals surface area contributed by atoms with Gasteiger partial charge in [0.15, 0.2) is 11.5 Å². The van der Waals surface area contributed by atoms with E-state index < -0.39 is 8.24 Å². The lowest BCUT2D eigenvalue weighted by Gasteiger charge is -2.47. The largest absolute Gasteiger partial charge is 0.454 e. The van der Waals surface area contributed by atoms with Crippen LogP contribution in [-0.2, 0) is 0 Å². The molecule has 0 aromatic heterocycles. The van der Waals surface area contributed by atoms with Crippen LogP contribution in [0.3, 0.4) is 0 Å². The van der Waals surface area contributed by atoms with Crippen LogP contribution in [0.2, 0.25) is 18.1 Å². The van der Waals surface area contributed by atoms with Crippen molar-refractivity contribution in [3.05, 3.63) is 42.1 Å². The van der Waals surface area contributed by atoms with Gasteiger partial charge in [-0.2, -0.15) is 0 Å². The molecular formula is C17H24BNO2Si. The van der Waals surface area contributed by atoms with Gasteiger partial charge in [0.05, 0.1) is 0 Å². The van der Waals surface area contributed by atoms with Gasteiger partial charge in [-0.1, -0.05) is 51.5 Å². The molecule has 22 heavy (non-hydrogen) atoms. The van der Waals surface area contributed by atoms with Crippen LogP contribution in [0.4, 0.5) is 0 Å². The molecule has 2 heterocycles. The molecule has 0 fully saturated rings. The molecule has 0 radical (unpaired) electrons. The van der Waals surface area contributed by atoms with Gasteiger partial charge < -0.3 is 14.0 Å². The second-order valence-corrected chi connectivity index (χ2v) is 12.7. The van der Waals surface area contributed by atoms with Gasteiger partial charge in [-0.15, -0.1) is 0 Å². The Hall–Kier alpha value is -1.62. The van der Waals surface area contributed by atoms with E-state index in [0.29, 0.717) is 11.8 Å². The summed E-state index contributed by atoms with van der Waals surface area (Å²) in [7, 11) is -0.585. The van der Waals surface area contributed by atoms with Crippen LogP contribution in [0.5, 0.6) is 11.5 Å². The maximum atomic E-state index is 5.51. The number of nitrogens with zero attached hydrogens (tertiary/aromatic N) is 1. The van der Waals surface area contributed by atoms with Crippen molar-refractivity contribution in [2.75, 3.05) is 6.79 Å². The maximum absolute atomic E-state index is 5.51. The Kier molecular flexibility index (Phi) is 3.63. The maximum Gasteiger partial charge on any atom is 0.261 e. The zero-order chi connectivity index (χ0) is 16.0. The number of hydrogen-bond donors (Lipinski definition) is 0. The minimum absolute atomic E-state index is 0.327. The van der Waals surface area contributed by atoms with E-state index in [1.54, 1.807) is 0 Å². The fraction of sp³-hybridized carbons (Fsp3) is 0.412. The SMILES string of the molecule is CC(C)(C)[Si](C)(C)N1BC(c2ccc3c(c2)OCO3)=CC=C1. The van der Waals surface area contributed by atoms with Crippen molar-refractivity contribution in [3.8, 4) is 11.5 Å². The van der Waals surface area contributed by atoms with Crippen molar-refractivity contribution >= 4 is 21.1 Å². The van der Waals surface area contributed by atoms with E-state index in [1.165, 1.54) is 11.0 Å². The summed E-state index contributed by atoms with van der Waals surface area (Å²) in [5.41, 5.74) is 2.56. The Balaban J connectivity index is 1.85. The number of rotatable bonds is 2. The van der Waals surface area contributed by atoms with Gasteiger partial charge in [0.1, 0.15) is 8.24 Å². The number of benzene rings is 1. The summed E-state index contributed by atoms with van der Waals surface area (Å²) in [6, 6.07) is 6.23. The molecule has 0 bridgehead atoms. The normalized spacial score (nSPS) is 17.3. The van der Waals surface area contributed by atoms with Gasteiger partial charge in [0.25, 0.3) is 7.41 Å². The lowest BCUT2D eigenvalue weighted by molar-refractivity contribution is 0.174. The minimum atomic E-state index is -1.55. The Bertz CT molecular complexity index is 647. The third-order valence-corrected chi connectivity index (χ3v) is 10.6. The summed E-state index contributed by atoms with van der Waals surface area (Å²) in [6.45, 7) is 12.3. The second-order valence-electron chi connectivity index (χ2n) is 7.54. The summed E-state index contributed by atoms with van der Waals surface area (Å²) in [4.78, 5) is 0. The van der Waals surface area contributed by atoms with E-state index in [2.05, 4.69) is 68.8 Å². The fourth-order valence-corrected chi connectivity index (χ4v) is 4.54. The highest BCUT2D eigenvalue weighted by Crippen LogP contribution is 2.40. The molecule has 0 amide bonds. The Morgan fingerprint density at radius 1 is 1.14 bits per heavy atom. The molecule has 3 rings (SSSR count). The third kappa shape index (κ3) is 2.58. The van der Waals surface area contributed by atoms with Crippen LogP contribution in [0.15, 0.2) is 36.6 Å². The number of allylic oxidation sites excluding steroid dienone is 2. The summed E-state index contributed by atoms with van der Waals surface area (Å²) in [6.07, 6.45) is 6.64. The van der Waals surface area contributed by atoms with Crippen LogP contribution in [-0.4, -0.2) is 26.9 Å². The summed E-state index contributed by atoms with van der Waals surface area (Å²) in [5.74, 6) is 1.70. The second kappa shape index (κ2) is 5.23. The van der Waals surface area contributed by atoms with Crippen molar-refractivity contribution in [1.82, 2.24) is 4.48 Å². The van der Waals surface area contributed by atoms with E-state index in [9.17, 15) is 0 Å². The van der Waals surface area contributed by atoms with Crippen molar-refractivity contribution in [3.63, 3.8) is 0 Å². The number of fused-ring (bicyclic) bond motifs is 1. The van der Waals surface area contributed by atoms with Crippen LogP contribution < -0.4 is 9.47 Å². The first-order valence-electron chi connectivity index (χ1n) is 7.83. The lowest BCUT2D eigenvalue weighted by atomic mass is 9.76. The highest BCUT2D eigenvalue weighted by atomic mass is 28.3. The smallest absolute Gasteiger partial charge is 0.261 e. The van der Waals surface area contributed by atoms with Crippen LogP contribution in [0.1, 0.15) is 26.3 Å². The Labute approximate surface area is 135 Å². The molecule has 2 aliphatic rings. The van der Waals surface area contributed by atoms with E-state index in [-0.39, 0.29) is 0 Å². The van der Waals surface area contributed by atoms with E-state index >= 15 is 0 Å². The van der Waals surface area contributed by atoms with Gasteiger partial charge in [0.2, 0.25) is 6.79 Å². The number of hydrogen-bond acceptors (Lipinski definition) is 3. The topological polar surface area (TPSA) is 21.7 Å². The average molecular weight is 313 g/mol. The zero-order valence-electron chi connectivity index (χ0n) is 14.1. The third-order valence-electron chi connectivity index (χ3n) is 5.20. The molecular weight excluding hydrogens is 289 g/mol. The minimum Gasteiger partial charge on any atom is -0.454 e. The first kappa shape index (κ1) is 15.3. The van der Waals surface area contributed by atoms with Crippen molar-refractivity contribution in [2.45, 2.75) is 38.9 Å². The van der Waals surface area contributed by atoms with E-state index in [0.717, 1.165) is 18.9 Å². The fourth-order valence-electron chi connectivity index (χ4n) is 2.65. The highest BCUT2D eigenvalue weighted by Gasteiger charge is 2.40. The molecule has 1 aromatic carbocycles. The highest BCUT2D eigenvalue weighted by molar-refractivity contribution is 6.86. The molecule has 116 valence electrons. The molecule has 0 saturated heterocycles. The predicted octanol–water partition coefficient (Wildman–Crippen LogP) is 3.94. The molecule has 2 aliphatic heterocycles. The molecule has 0 N–H and O–H groups in total. The van der Waals surface area contributed by atoms with E-state index in [4.69, 9.17) is 9.47 Å². The Morgan fingerprint density at radius 3 is 2.59 bits per heavy atom. The van der Waals surface area contributed by atoms with Crippen molar-refractivity contribution < 1.29 is 9.47 Å². The van der Waals surface area contributed by atoms with Gasteiger partial charge >= 0.3 is 0 Å². The molecule has 3 nitrogen and oxygen atoms in total. The number of ether oxygens (including phenoxy) is 2. The lowest BCUT2D eigenvalue weighted by Crippen LogP contribution is -2.54. The molecule has 0 unspecified atom stereocenters. The van der Waals surface area contributed by atoms with Crippen molar-refractivity contribution in [1.29, 1.82) is 0 Å². The molecule has 1 aromatic rings. The van der Waals surface area contributed by atoms with Crippen molar-refractivity contribution in [2.24, 2.45) is 0 Å². The Morgan fingerprint density at radius 2 is 1.86 bits per heavy atom. The first-order chi connectivity index (χ1) is 10.3. The molecule has 0 aliphatic carbocycles. The average Bonchev–Trinajstić information content (AvgIpc) is 2.93. The molecule has 0 saturated carbocycles. The van der Waals surface area contributed by atoms with Crippen LogP contribution >= 0.6 is 0 Å². The van der Waals surface area contributed by atoms with Gasteiger partial charge in [0, 0.05) is 0 Å². The van der Waals surface area contributed by atoms with Gasteiger partial charge in [-0.05, 0) is 35.0 Å². The standard InChI is InChI=1S/C17H24BNO2Si/c1-17(2,3)22(4,5)19-10-6-7-14(18-19)13-8-9-15-16(11-13)21-12-20-15/h6-11,18H,12H2,1-5H3. The van der Waals surface area contributed by atoms with Gasteiger partial charge in [-0.3, -0.25) is 0 Å². The zero-order valence-corrected chi connectivity index (χ0v) is 15.1. The summed E-state index contributed by atoms with van der Waals surface area (Å²) in [5, 5.41) is 0.328. The molecule has 5 heteroatoms. The van der Waals surface area contributed by atoms with Crippen LogP contribution in [0, 0.1) is 0 Å². The summed E-state index contributed by atoms with van der Waals surface area (Å²) >= 11 is 0. The quantitative estimate of drug-likeness (QED) is 0.772. The van der Waals surface area contributed by atoms with Crippen LogP contribution in [0.25, 0.3) is 5.47 Å². The van der Waals surface area contributed by atoms with Gasteiger partial charge in [-0.25, -0.2) is 0 Å². The molecule has 0 spiro atoms. The molecule has 0 atom stereocenters. The predicted molar refractivity (Wildman–Crippen MR) is 95.9 cm³/mol. The van der Waals surface area contributed by atoms with E-state index in [1.807, 2.05) is 6.07 Å². The summed E-state index contributed by atoms with van der Waals surface area (Å²) < 4.78 is 13.5.